The van der Waals surface area contributed by atoms with E-state index in [0.29, 0.717) is 17.1 Å². The molecule has 0 aliphatic heterocycles. The molecule has 108 valence electrons. The predicted octanol–water partition coefficient (Wildman–Crippen LogP) is 2.94. The zero-order valence-corrected chi connectivity index (χ0v) is 13.8. The summed E-state index contributed by atoms with van der Waals surface area (Å²) in [6.07, 6.45) is 0.896. The minimum Gasteiger partial charge on any atom is -0.382 e. The first-order valence-electron chi connectivity index (χ1n) is 6.29. The molecule has 0 spiro atoms. The highest BCUT2D eigenvalue weighted by atomic mass is 79.9. The van der Waals surface area contributed by atoms with Crippen LogP contribution in [0.15, 0.2) is 34.9 Å². The lowest BCUT2D eigenvalue weighted by molar-refractivity contribution is 0.205. The van der Waals surface area contributed by atoms with E-state index in [0.717, 1.165) is 16.7 Å². The zero-order valence-electron chi connectivity index (χ0n) is 11.4. The molecule has 2 rings (SSSR count). The van der Waals surface area contributed by atoms with Crippen molar-refractivity contribution in [2.24, 2.45) is 0 Å². The molecular formula is C14H17BrClN3O. The molecule has 20 heavy (non-hydrogen) atoms. The van der Waals surface area contributed by atoms with Gasteiger partial charge in [-0.15, -0.1) is 0 Å². The molecule has 1 aromatic carbocycles. The Kier molecular flexibility index (Phi) is 5.21. The number of benzene rings is 1. The molecule has 0 fully saturated rings. The summed E-state index contributed by atoms with van der Waals surface area (Å²) in [6, 6.07) is 7.30. The van der Waals surface area contributed by atoms with Gasteiger partial charge >= 0.3 is 0 Å². The van der Waals surface area contributed by atoms with Crippen molar-refractivity contribution in [1.29, 1.82) is 0 Å². The van der Waals surface area contributed by atoms with Crippen LogP contribution in [0.3, 0.4) is 0 Å². The highest BCUT2D eigenvalue weighted by molar-refractivity contribution is 9.10. The van der Waals surface area contributed by atoms with Gasteiger partial charge in [0.15, 0.2) is 0 Å². The van der Waals surface area contributed by atoms with Crippen LogP contribution in [-0.2, 0) is 6.54 Å². The molecule has 0 amide bonds. The lowest BCUT2D eigenvalue weighted by atomic mass is 10.1. The number of aliphatic hydroxyl groups is 1. The maximum Gasteiger partial charge on any atom is 0.123 e. The van der Waals surface area contributed by atoms with Crippen LogP contribution in [0.1, 0.15) is 17.4 Å². The first kappa shape index (κ1) is 15.5. The summed E-state index contributed by atoms with van der Waals surface area (Å²) in [6.45, 7) is 1.55. The number of nitrogens with zero attached hydrogens (tertiary/aromatic N) is 3. The summed E-state index contributed by atoms with van der Waals surface area (Å²) in [5.74, 6) is 0. The Morgan fingerprint density at radius 2 is 2.10 bits per heavy atom. The van der Waals surface area contributed by atoms with Gasteiger partial charge in [0.1, 0.15) is 6.10 Å². The van der Waals surface area contributed by atoms with E-state index in [-0.39, 0.29) is 0 Å². The molecule has 1 atom stereocenters. The molecule has 1 N–H and O–H groups in total. The van der Waals surface area contributed by atoms with E-state index in [1.54, 1.807) is 16.9 Å². The number of hydrogen-bond acceptors (Lipinski definition) is 3. The molecule has 4 nitrogen and oxygen atoms in total. The summed E-state index contributed by atoms with van der Waals surface area (Å²) < 4.78 is 2.58. The quantitative estimate of drug-likeness (QED) is 0.893. The third-order valence-corrected chi connectivity index (χ3v) is 4.01. The van der Waals surface area contributed by atoms with Gasteiger partial charge in [0.05, 0.1) is 22.9 Å². The Morgan fingerprint density at radius 1 is 1.40 bits per heavy atom. The van der Waals surface area contributed by atoms with Crippen LogP contribution >= 0.6 is 27.5 Å². The van der Waals surface area contributed by atoms with Gasteiger partial charge in [-0.3, -0.25) is 4.68 Å². The summed E-state index contributed by atoms with van der Waals surface area (Å²) in [5.41, 5.74) is 1.40. The topological polar surface area (TPSA) is 41.3 Å². The van der Waals surface area contributed by atoms with Gasteiger partial charge in [-0.2, -0.15) is 5.10 Å². The van der Waals surface area contributed by atoms with E-state index in [2.05, 4.69) is 25.9 Å². The van der Waals surface area contributed by atoms with E-state index in [9.17, 15) is 5.11 Å². The average molecular weight is 359 g/mol. The summed E-state index contributed by atoms with van der Waals surface area (Å²) >= 11 is 9.60. The molecule has 0 aliphatic rings. The molecule has 1 unspecified atom stereocenters. The van der Waals surface area contributed by atoms with Crippen molar-refractivity contribution in [3.8, 4) is 0 Å². The Bertz CT molecular complexity index is 586. The van der Waals surface area contributed by atoms with Crippen molar-refractivity contribution in [3.63, 3.8) is 0 Å². The second-order valence-corrected chi connectivity index (χ2v) is 6.09. The number of aliphatic hydroxyl groups excluding tert-OH is 1. The maximum atomic E-state index is 10.6. The van der Waals surface area contributed by atoms with E-state index in [4.69, 9.17) is 11.6 Å². The summed E-state index contributed by atoms with van der Waals surface area (Å²) in [5, 5.41) is 15.5. The van der Waals surface area contributed by atoms with E-state index in [1.165, 1.54) is 0 Å². The number of aromatic nitrogens is 2. The lowest BCUT2D eigenvalue weighted by Gasteiger charge is -2.17. The van der Waals surface area contributed by atoms with Crippen molar-refractivity contribution in [1.82, 2.24) is 14.7 Å². The van der Waals surface area contributed by atoms with Crippen molar-refractivity contribution >= 4 is 27.5 Å². The number of rotatable bonds is 5. The maximum absolute atomic E-state index is 10.6. The predicted molar refractivity (Wildman–Crippen MR) is 84.0 cm³/mol. The molecule has 0 aliphatic carbocycles. The Balaban J connectivity index is 2.32. The molecular weight excluding hydrogens is 342 g/mol. The molecule has 0 bridgehead atoms. The normalized spacial score (nSPS) is 12.9. The fraction of sp³-hybridized carbons (Fsp3) is 0.357. The monoisotopic (exact) mass is 357 g/mol. The van der Waals surface area contributed by atoms with Crippen molar-refractivity contribution in [2.45, 2.75) is 12.6 Å². The van der Waals surface area contributed by atoms with Crippen LogP contribution in [0.5, 0.6) is 0 Å². The smallest absolute Gasteiger partial charge is 0.123 e. The van der Waals surface area contributed by atoms with Crippen molar-refractivity contribution in [3.05, 3.63) is 51.2 Å². The van der Waals surface area contributed by atoms with Gasteiger partial charge in [0.2, 0.25) is 0 Å². The minimum atomic E-state index is -0.803. The molecule has 0 saturated carbocycles. The molecule has 0 saturated heterocycles. The van der Waals surface area contributed by atoms with Crippen LogP contribution in [0.25, 0.3) is 0 Å². The Hall–Kier alpha value is -0.880. The number of likely N-dealkylation sites (N-methyl/N-ethyl adjacent to an activating group) is 1. The second-order valence-electron chi connectivity index (χ2n) is 4.83. The molecule has 6 heteroatoms. The molecule has 1 aromatic heterocycles. The zero-order chi connectivity index (χ0) is 14.7. The van der Waals surface area contributed by atoms with Gasteiger partial charge in [-0.05, 0) is 36.1 Å². The summed E-state index contributed by atoms with van der Waals surface area (Å²) in [7, 11) is 4.01. The van der Waals surface area contributed by atoms with Crippen LogP contribution in [-0.4, -0.2) is 40.4 Å². The molecule has 2 aromatic rings. The van der Waals surface area contributed by atoms with Crippen molar-refractivity contribution < 1.29 is 5.11 Å². The van der Waals surface area contributed by atoms with Gasteiger partial charge < -0.3 is 10.0 Å². The van der Waals surface area contributed by atoms with Crippen LogP contribution in [0.2, 0.25) is 5.02 Å². The first-order chi connectivity index (χ1) is 9.50. The van der Waals surface area contributed by atoms with E-state index < -0.39 is 6.10 Å². The van der Waals surface area contributed by atoms with Crippen LogP contribution in [0.4, 0.5) is 0 Å². The minimum absolute atomic E-state index is 0.548. The second kappa shape index (κ2) is 6.72. The fourth-order valence-electron chi connectivity index (χ4n) is 1.96. The molecule has 0 radical (unpaired) electrons. The summed E-state index contributed by atoms with van der Waals surface area (Å²) in [4.78, 5) is 2.07. The van der Waals surface area contributed by atoms with Gasteiger partial charge in [-0.25, -0.2) is 0 Å². The fourth-order valence-corrected chi connectivity index (χ4v) is 2.71. The largest absolute Gasteiger partial charge is 0.382 e. The lowest BCUT2D eigenvalue weighted by Crippen LogP contribution is -2.21. The third-order valence-electron chi connectivity index (χ3n) is 3.05. The highest BCUT2D eigenvalue weighted by Crippen LogP contribution is 2.32. The number of halogens is 2. The Morgan fingerprint density at radius 3 is 2.75 bits per heavy atom. The highest BCUT2D eigenvalue weighted by Gasteiger charge is 2.21. The van der Waals surface area contributed by atoms with E-state index in [1.807, 2.05) is 32.3 Å². The standard InChI is InChI=1S/C14H17BrClN3O/c1-18(2)7-8-19-13(11(15)9-17-19)14(20)10-5-3-4-6-12(10)16/h3-6,9,14,20H,7-8H2,1-2H3. The van der Waals surface area contributed by atoms with Crippen molar-refractivity contribution in [2.75, 3.05) is 20.6 Å². The van der Waals surface area contributed by atoms with E-state index >= 15 is 0 Å². The SMILES string of the molecule is CN(C)CCn1ncc(Br)c1C(O)c1ccccc1Cl. The van der Waals surface area contributed by atoms with Gasteiger partial charge in [0, 0.05) is 17.1 Å². The molecule has 1 heterocycles. The van der Waals surface area contributed by atoms with Crippen LogP contribution < -0.4 is 0 Å². The first-order valence-corrected chi connectivity index (χ1v) is 7.46. The van der Waals surface area contributed by atoms with Gasteiger partial charge in [0.25, 0.3) is 0 Å². The van der Waals surface area contributed by atoms with Gasteiger partial charge in [-0.1, -0.05) is 29.8 Å². The number of hydrogen-bond donors (Lipinski definition) is 1. The third kappa shape index (κ3) is 3.41. The Labute approximate surface area is 132 Å². The average Bonchev–Trinajstić information content (AvgIpc) is 2.77. The van der Waals surface area contributed by atoms with Crippen LogP contribution in [0, 0.1) is 0 Å².